The van der Waals surface area contributed by atoms with Gasteiger partial charge in [0, 0.05) is 6.54 Å². The Morgan fingerprint density at radius 1 is 1.29 bits per heavy atom. The molecule has 120 valence electrons. The molecule has 0 atom stereocenters. The molecule has 1 N–H and O–H groups in total. The largest absolute Gasteiger partial charge is 0.492 e. The van der Waals surface area contributed by atoms with E-state index in [0.717, 1.165) is 31.4 Å². The summed E-state index contributed by atoms with van der Waals surface area (Å²) in [7, 11) is 0. The Labute approximate surface area is 135 Å². The fourth-order valence-electron chi connectivity index (χ4n) is 2.76. The maximum absolute atomic E-state index is 5.83. The van der Waals surface area contributed by atoms with Crippen LogP contribution in [0.2, 0.25) is 0 Å². The van der Waals surface area contributed by atoms with Crippen molar-refractivity contribution in [2.24, 2.45) is 5.92 Å². The topological polar surface area (TPSA) is 24.5 Å². The van der Waals surface area contributed by atoms with Crippen molar-refractivity contribution < 1.29 is 4.74 Å². The minimum absolute atomic E-state index is 0. The molecule has 0 aromatic heterocycles. The normalized spacial score (nSPS) is 16.5. The van der Waals surface area contributed by atoms with E-state index < -0.39 is 0 Å². The smallest absolute Gasteiger partial charge is 0.119 e. The number of hydrogen-bond acceptors (Lipinski definition) is 3. The SMILES string of the molecule is CCNCC1CCN(CCOc2cccc(C)c2)CC1.Cl. The summed E-state index contributed by atoms with van der Waals surface area (Å²) in [6, 6.07) is 8.29. The number of hydrogen-bond donors (Lipinski definition) is 1. The summed E-state index contributed by atoms with van der Waals surface area (Å²) in [5, 5.41) is 3.46. The van der Waals surface area contributed by atoms with Crippen LogP contribution in [0.5, 0.6) is 5.75 Å². The molecule has 21 heavy (non-hydrogen) atoms. The van der Waals surface area contributed by atoms with E-state index in [1.54, 1.807) is 0 Å². The van der Waals surface area contributed by atoms with Crippen molar-refractivity contribution in [3.8, 4) is 5.75 Å². The third-order valence-electron chi connectivity index (χ3n) is 4.06. The number of benzene rings is 1. The number of piperidine rings is 1. The van der Waals surface area contributed by atoms with Crippen LogP contribution in [0.15, 0.2) is 24.3 Å². The van der Waals surface area contributed by atoms with Gasteiger partial charge in [-0.2, -0.15) is 0 Å². The van der Waals surface area contributed by atoms with E-state index in [2.05, 4.69) is 42.3 Å². The van der Waals surface area contributed by atoms with E-state index in [-0.39, 0.29) is 12.4 Å². The Morgan fingerprint density at radius 2 is 2.05 bits per heavy atom. The Kier molecular flexibility index (Phi) is 8.74. The first kappa shape index (κ1) is 18.3. The Balaban J connectivity index is 0.00000220. The molecule has 1 aromatic carbocycles. The summed E-state index contributed by atoms with van der Waals surface area (Å²) in [4.78, 5) is 2.53. The van der Waals surface area contributed by atoms with Crippen LogP contribution in [0.3, 0.4) is 0 Å². The zero-order chi connectivity index (χ0) is 14.2. The van der Waals surface area contributed by atoms with Crippen molar-refractivity contribution in [2.75, 3.05) is 39.3 Å². The summed E-state index contributed by atoms with van der Waals surface area (Å²) < 4.78 is 5.83. The van der Waals surface area contributed by atoms with Crippen LogP contribution in [0.25, 0.3) is 0 Å². The highest BCUT2D eigenvalue weighted by molar-refractivity contribution is 5.85. The lowest BCUT2D eigenvalue weighted by Gasteiger charge is -2.31. The Morgan fingerprint density at radius 3 is 2.71 bits per heavy atom. The van der Waals surface area contributed by atoms with Gasteiger partial charge in [-0.15, -0.1) is 12.4 Å². The van der Waals surface area contributed by atoms with Gasteiger partial charge in [0.15, 0.2) is 0 Å². The highest BCUT2D eigenvalue weighted by Gasteiger charge is 2.18. The predicted octanol–water partition coefficient (Wildman–Crippen LogP) is 3.12. The fraction of sp³-hybridized carbons (Fsp3) is 0.647. The quantitative estimate of drug-likeness (QED) is 0.837. The maximum Gasteiger partial charge on any atom is 0.119 e. The molecule has 1 saturated heterocycles. The van der Waals surface area contributed by atoms with Gasteiger partial charge >= 0.3 is 0 Å². The average molecular weight is 313 g/mol. The van der Waals surface area contributed by atoms with Gasteiger partial charge in [0.2, 0.25) is 0 Å². The first-order valence-corrected chi connectivity index (χ1v) is 7.90. The summed E-state index contributed by atoms with van der Waals surface area (Å²) >= 11 is 0. The molecule has 0 unspecified atom stereocenters. The van der Waals surface area contributed by atoms with Gasteiger partial charge < -0.3 is 10.1 Å². The number of ether oxygens (including phenoxy) is 1. The third-order valence-corrected chi connectivity index (χ3v) is 4.06. The molecule has 3 nitrogen and oxygen atoms in total. The van der Waals surface area contributed by atoms with E-state index in [9.17, 15) is 0 Å². The summed E-state index contributed by atoms with van der Waals surface area (Å²) in [5.74, 6) is 1.86. The fourth-order valence-corrected chi connectivity index (χ4v) is 2.76. The Hall–Kier alpha value is -0.770. The van der Waals surface area contributed by atoms with Gasteiger partial charge in [0.1, 0.15) is 12.4 Å². The molecule has 0 saturated carbocycles. The van der Waals surface area contributed by atoms with Crippen molar-refractivity contribution >= 4 is 12.4 Å². The lowest BCUT2D eigenvalue weighted by Crippen LogP contribution is -2.39. The lowest BCUT2D eigenvalue weighted by molar-refractivity contribution is 0.154. The first-order valence-electron chi connectivity index (χ1n) is 7.90. The van der Waals surface area contributed by atoms with E-state index in [0.29, 0.717) is 0 Å². The number of nitrogens with zero attached hydrogens (tertiary/aromatic N) is 1. The molecule has 0 bridgehead atoms. The minimum atomic E-state index is 0. The van der Waals surface area contributed by atoms with Crippen molar-refractivity contribution in [3.05, 3.63) is 29.8 Å². The molecule has 1 fully saturated rings. The monoisotopic (exact) mass is 312 g/mol. The highest BCUT2D eigenvalue weighted by atomic mass is 35.5. The second kappa shape index (κ2) is 10.0. The second-order valence-corrected chi connectivity index (χ2v) is 5.76. The van der Waals surface area contributed by atoms with Gasteiger partial charge in [-0.05, 0) is 69.6 Å². The van der Waals surface area contributed by atoms with Gasteiger partial charge in [0.05, 0.1) is 0 Å². The molecular formula is C17H29ClN2O. The summed E-state index contributed by atoms with van der Waals surface area (Å²) in [6.45, 7) is 10.8. The van der Waals surface area contributed by atoms with Crippen molar-refractivity contribution in [3.63, 3.8) is 0 Å². The van der Waals surface area contributed by atoms with E-state index in [1.807, 2.05) is 6.07 Å². The van der Waals surface area contributed by atoms with E-state index in [1.165, 1.54) is 38.0 Å². The maximum atomic E-state index is 5.83. The molecule has 4 heteroatoms. The molecule has 1 aliphatic rings. The average Bonchev–Trinajstić information content (AvgIpc) is 2.46. The number of nitrogens with one attached hydrogen (secondary N) is 1. The van der Waals surface area contributed by atoms with Crippen LogP contribution >= 0.6 is 12.4 Å². The van der Waals surface area contributed by atoms with E-state index >= 15 is 0 Å². The molecule has 0 radical (unpaired) electrons. The number of halogens is 1. The zero-order valence-electron chi connectivity index (χ0n) is 13.3. The van der Waals surface area contributed by atoms with Gasteiger partial charge in [-0.3, -0.25) is 4.90 Å². The molecule has 2 rings (SSSR count). The van der Waals surface area contributed by atoms with Crippen molar-refractivity contribution in [1.29, 1.82) is 0 Å². The molecule has 1 heterocycles. The van der Waals surface area contributed by atoms with E-state index in [4.69, 9.17) is 4.74 Å². The Bertz CT molecular complexity index is 392. The van der Waals surface area contributed by atoms with Crippen LogP contribution in [0, 0.1) is 12.8 Å². The predicted molar refractivity (Wildman–Crippen MR) is 91.6 cm³/mol. The highest BCUT2D eigenvalue weighted by Crippen LogP contribution is 2.16. The van der Waals surface area contributed by atoms with Crippen LogP contribution in [0.4, 0.5) is 0 Å². The van der Waals surface area contributed by atoms with Gasteiger partial charge in [-0.1, -0.05) is 19.1 Å². The third kappa shape index (κ3) is 6.68. The molecule has 0 aliphatic carbocycles. The summed E-state index contributed by atoms with van der Waals surface area (Å²) in [6.07, 6.45) is 2.63. The zero-order valence-corrected chi connectivity index (χ0v) is 14.1. The first-order chi connectivity index (χ1) is 9.78. The van der Waals surface area contributed by atoms with Crippen LogP contribution in [0.1, 0.15) is 25.3 Å². The molecule has 1 aliphatic heterocycles. The van der Waals surface area contributed by atoms with Gasteiger partial charge in [-0.25, -0.2) is 0 Å². The molecular weight excluding hydrogens is 284 g/mol. The number of likely N-dealkylation sites (tertiary alicyclic amines) is 1. The van der Waals surface area contributed by atoms with Crippen LogP contribution in [-0.4, -0.2) is 44.2 Å². The second-order valence-electron chi connectivity index (χ2n) is 5.76. The van der Waals surface area contributed by atoms with Crippen LogP contribution in [-0.2, 0) is 0 Å². The van der Waals surface area contributed by atoms with Crippen molar-refractivity contribution in [2.45, 2.75) is 26.7 Å². The summed E-state index contributed by atoms with van der Waals surface area (Å²) in [5.41, 5.74) is 1.26. The number of rotatable bonds is 7. The molecule has 1 aromatic rings. The van der Waals surface area contributed by atoms with Gasteiger partial charge in [0.25, 0.3) is 0 Å². The number of aryl methyl sites for hydroxylation is 1. The van der Waals surface area contributed by atoms with Crippen LogP contribution < -0.4 is 10.1 Å². The molecule has 0 spiro atoms. The lowest BCUT2D eigenvalue weighted by atomic mass is 9.97. The molecule has 0 amide bonds. The van der Waals surface area contributed by atoms with Crippen molar-refractivity contribution in [1.82, 2.24) is 10.2 Å². The standard InChI is InChI=1S/C17H28N2O.ClH/c1-3-18-14-16-7-9-19(10-8-16)11-12-20-17-6-4-5-15(2)13-17;/h4-6,13,16,18H,3,7-12,14H2,1-2H3;1H. The minimum Gasteiger partial charge on any atom is -0.492 e.